The summed E-state index contributed by atoms with van der Waals surface area (Å²) in [5.74, 6) is 0. The summed E-state index contributed by atoms with van der Waals surface area (Å²) in [6, 6.07) is 5.78. The van der Waals surface area contributed by atoms with Gasteiger partial charge in [0.15, 0.2) is 0 Å². The van der Waals surface area contributed by atoms with E-state index in [0.717, 1.165) is 32.0 Å². The van der Waals surface area contributed by atoms with E-state index in [1.54, 1.807) is 12.1 Å². The van der Waals surface area contributed by atoms with Crippen LogP contribution in [-0.4, -0.2) is 35.0 Å². The lowest BCUT2D eigenvalue weighted by Gasteiger charge is -2.36. The molecule has 6 heteroatoms. The second-order valence-corrected chi connectivity index (χ2v) is 6.43. The number of anilines is 2. The molecule has 0 bridgehead atoms. The molecule has 0 spiro atoms. The Morgan fingerprint density at radius 2 is 1.86 bits per heavy atom. The van der Waals surface area contributed by atoms with E-state index in [2.05, 4.69) is 10.2 Å². The molecule has 0 unspecified atom stereocenters. The van der Waals surface area contributed by atoms with E-state index < -0.39 is 0 Å². The highest BCUT2D eigenvalue weighted by atomic mass is 16.6. The Hall–Kier alpha value is -1.82. The fourth-order valence-corrected chi connectivity index (χ4v) is 3.73. The van der Waals surface area contributed by atoms with Crippen LogP contribution in [0.3, 0.4) is 0 Å². The molecule has 1 aromatic rings. The van der Waals surface area contributed by atoms with Gasteiger partial charge in [-0.3, -0.25) is 10.1 Å². The quantitative estimate of drug-likeness (QED) is 0.507. The molecule has 3 rings (SSSR count). The summed E-state index contributed by atoms with van der Waals surface area (Å²) in [4.78, 5) is 13.4. The van der Waals surface area contributed by atoms with Crippen LogP contribution < -0.4 is 11.1 Å². The first kappa shape index (κ1) is 15.1. The lowest BCUT2D eigenvalue weighted by Crippen LogP contribution is -2.43. The van der Waals surface area contributed by atoms with Crippen LogP contribution >= 0.6 is 0 Å². The minimum atomic E-state index is -0.352. The van der Waals surface area contributed by atoms with E-state index in [1.165, 1.54) is 31.7 Å². The van der Waals surface area contributed by atoms with Crippen molar-refractivity contribution in [3.8, 4) is 0 Å². The first-order chi connectivity index (χ1) is 10.6. The van der Waals surface area contributed by atoms with Gasteiger partial charge >= 0.3 is 0 Å². The lowest BCUT2D eigenvalue weighted by molar-refractivity contribution is -0.384. The highest BCUT2D eigenvalue weighted by Gasteiger charge is 2.27. The zero-order valence-corrected chi connectivity index (χ0v) is 12.8. The number of benzene rings is 1. The molecule has 22 heavy (non-hydrogen) atoms. The first-order valence-electron chi connectivity index (χ1n) is 8.18. The number of hydrogen-bond donors (Lipinski definition) is 2. The maximum Gasteiger partial charge on any atom is 0.292 e. The third-order valence-corrected chi connectivity index (χ3v) is 4.95. The molecule has 1 saturated carbocycles. The molecule has 1 heterocycles. The number of nitro benzene ring substituents is 1. The molecular formula is C16H24N4O2. The van der Waals surface area contributed by atoms with Crippen LogP contribution in [0.1, 0.15) is 38.5 Å². The van der Waals surface area contributed by atoms with Crippen LogP contribution in [0.25, 0.3) is 0 Å². The van der Waals surface area contributed by atoms with Crippen LogP contribution in [0.15, 0.2) is 18.2 Å². The molecular weight excluding hydrogens is 280 g/mol. The largest absolute Gasteiger partial charge is 0.399 e. The average Bonchev–Trinajstić information content (AvgIpc) is 3.02. The van der Waals surface area contributed by atoms with Gasteiger partial charge in [-0.05, 0) is 37.8 Å². The predicted octanol–water partition coefficient (Wildman–Crippen LogP) is 3.00. The molecule has 120 valence electrons. The minimum Gasteiger partial charge on any atom is -0.399 e. The maximum atomic E-state index is 11.1. The van der Waals surface area contributed by atoms with Crippen molar-refractivity contribution in [1.82, 2.24) is 4.90 Å². The van der Waals surface area contributed by atoms with E-state index in [1.807, 2.05) is 0 Å². The number of nitrogen functional groups attached to an aromatic ring is 1. The molecule has 2 fully saturated rings. The Labute approximate surface area is 130 Å². The van der Waals surface area contributed by atoms with Crippen molar-refractivity contribution in [2.45, 2.75) is 50.6 Å². The van der Waals surface area contributed by atoms with Gasteiger partial charge < -0.3 is 16.0 Å². The van der Waals surface area contributed by atoms with Gasteiger partial charge in [0, 0.05) is 36.9 Å². The minimum absolute atomic E-state index is 0.104. The van der Waals surface area contributed by atoms with E-state index >= 15 is 0 Å². The summed E-state index contributed by atoms with van der Waals surface area (Å²) in [5.41, 5.74) is 6.97. The molecule has 2 aliphatic rings. The zero-order valence-electron chi connectivity index (χ0n) is 12.8. The van der Waals surface area contributed by atoms with Crippen LogP contribution in [-0.2, 0) is 0 Å². The number of piperidine rings is 1. The van der Waals surface area contributed by atoms with Crippen LogP contribution in [0.5, 0.6) is 0 Å². The van der Waals surface area contributed by atoms with E-state index in [-0.39, 0.29) is 16.7 Å². The molecule has 3 N–H and O–H groups in total. The maximum absolute atomic E-state index is 11.1. The SMILES string of the molecule is Nc1ccc([N+](=O)[O-])c(NC2CCN(C3CCCC3)CC2)c1. The summed E-state index contributed by atoms with van der Waals surface area (Å²) in [5, 5.41) is 14.5. The Morgan fingerprint density at radius 3 is 2.50 bits per heavy atom. The van der Waals surface area contributed by atoms with Gasteiger partial charge in [-0.15, -0.1) is 0 Å². The van der Waals surface area contributed by atoms with Gasteiger partial charge in [-0.1, -0.05) is 12.8 Å². The van der Waals surface area contributed by atoms with Crippen molar-refractivity contribution in [3.05, 3.63) is 28.3 Å². The highest BCUT2D eigenvalue weighted by Crippen LogP contribution is 2.30. The number of nitrogens with zero attached hydrogens (tertiary/aromatic N) is 2. The Bertz CT molecular complexity index is 535. The fraction of sp³-hybridized carbons (Fsp3) is 0.625. The second-order valence-electron chi connectivity index (χ2n) is 6.43. The van der Waals surface area contributed by atoms with Crippen LogP contribution in [0.4, 0.5) is 17.1 Å². The van der Waals surface area contributed by atoms with Crippen LogP contribution in [0, 0.1) is 10.1 Å². The van der Waals surface area contributed by atoms with Gasteiger partial charge in [-0.25, -0.2) is 0 Å². The fourth-order valence-electron chi connectivity index (χ4n) is 3.73. The second kappa shape index (κ2) is 6.52. The summed E-state index contributed by atoms with van der Waals surface area (Å²) >= 11 is 0. The van der Waals surface area contributed by atoms with Gasteiger partial charge in [0.05, 0.1) is 4.92 Å². The van der Waals surface area contributed by atoms with Gasteiger partial charge in [0.1, 0.15) is 5.69 Å². The van der Waals surface area contributed by atoms with Gasteiger partial charge in [-0.2, -0.15) is 0 Å². The Morgan fingerprint density at radius 1 is 1.18 bits per heavy atom. The molecule has 0 amide bonds. The topological polar surface area (TPSA) is 84.4 Å². The van der Waals surface area contributed by atoms with Crippen molar-refractivity contribution in [2.75, 3.05) is 24.1 Å². The molecule has 1 aliphatic heterocycles. The molecule has 0 atom stereocenters. The monoisotopic (exact) mass is 304 g/mol. The summed E-state index contributed by atoms with van der Waals surface area (Å²) in [7, 11) is 0. The van der Waals surface area contributed by atoms with Crippen molar-refractivity contribution in [2.24, 2.45) is 0 Å². The third-order valence-electron chi connectivity index (χ3n) is 4.95. The molecule has 1 aliphatic carbocycles. The summed E-state index contributed by atoms with van der Waals surface area (Å²) in [6.45, 7) is 2.16. The predicted molar refractivity (Wildman–Crippen MR) is 88.0 cm³/mol. The number of nitro groups is 1. The molecule has 0 radical (unpaired) electrons. The van der Waals surface area contributed by atoms with Crippen LogP contribution in [0.2, 0.25) is 0 Å². The van der Waals surface area contributed by atoms with Crippen molar-refractivity contribution in [3.63, 3.8) is 0 Å². The number of rotatable bonds is 4. The molecule has 6 nitrogen and oxygen atoms in total. The Balaban J connectivity index is 1.60. The smallest absolute Gasteiger partial charge is 0.292 e. The standard InChI is InChI=1S/C16H24N4O2/c17-12-5-6-16(20(21)22)15(11-12)18-13-7-9-19(10-8-13)14-3-1-2-4-14/h5-6,11,13-14,18H,1-4,7-10,17H2. The van der Waals surface area contributed by atoms with E-state index in [4.69, 9.17) is 5.73 Å². The molecule has 1 saturated heterocycles. The van der Waals surface area contributed by atoms with Gasteiger partial charge in [0.25, 0.3) is 5.69 Å². The zero-order chi connectivity index (χ0) is 15.5. The number of nitrogens with two attached hydrogens (primary N) is 1. The number of likely N-dealkylation sites (tertiary alicyclic amines) is 1. The van der Waals surface area contributed by atoms with Crippen molar-refractivity contribution >= 4 is 17.1 Å². The van der Waals surface area contributed by atoms with Crippen molar-refractivity contribution in [1.29, 1.82) is 0 Å². The number of hydrogen-bond acceptors (Lipinski definition) is 5. The molecule has 1 aromatic carbocycles. The first-order valence-corrected chi connectivity index (χ1v) is 8.18. The summed E-state index contributed by atoms with van der Waals surface area (Å²) in [6.07, 6.45) is 7.44. The lowest BCUT2D eigenvalue weighted by atomic mass is 10.0. The Kier molecular flexibility index (Phi) is 4.47. The van der Waals surface area contributed by atoms with E-state index in [0.29, 0.717) is 11.4 Å². The van der Waals surface area contributed by atoms with Crippen molar-refractivity contribution < 1.29 is 4.92 Å². The van der Waals surface area contributed by atoms with Gasteiger partial charge in [0.2, 0.25) is 0 Å². The average molecular weight is 304 g/mol. The molecule has 0 aromatic heterocycles. The number of nitrogens with one attached hydrogen (secondary N) is 1. The van der Waals surface area contributed by atoms with E-state index in [9.17, 15) is 10.1 Å². The third kappa shape index (κ3) is 3.32. The summed E-state index contributed by atoms with van der Waals surface area (Å²) < 4.78 is 0. The highest BCUT2D eigenvalue weighted by molar-refractivity contribution is 5.67. The normalized spacial score (nSPS) is 21.1.